The smallest absolute Gasteiger partial charge is 0.420 e. The zero-order valence-corrected chi connectivity index (χ0v) is 9.19. The number of alkyl halides is 3. The lowest BCUT2D eigenvalue weighted by atomic mass is 10.2. The second-order valence-corrected chi connectivity index (χ2v) is 3.80. The van der Waals surface area contributed by atoms with Crippen LogP contribution < -0.4 is 10.1 Å². The number of nitrogens with zero attached hydrogens (tertiary/aromatic N) is 1. The third-order valence-corrected chi connectivity index (χ3v) is 2.35. The van der Waals surface area contributed by atoms with Gasteiger partial charge in [-0.25, -0.2) is 4.98 Å². The molecule has 0 aliphatic carbocycles. The van der Waals surface area contributed by atoms with Crippen molar-refractivity contribution >= 4 is 23.3 Å². The number of fused-ring (bicyclic) bond motifs is 1. The predicted octanol–water partition coefficient (Wildman–Crippen LogP) is 2.47. The molecule has 0 unspecified atom stereocenters. The fraction of sp³-hybridized carbons (Fsp3) is 0.333. The molecule has 1 aromatic heterocycles. The van der Waals surface area contributed by atoms with Crippen LogP contribution in [-0.2, 0) is 11.0 Å². The molecule has 2 heterocycles. The quantitative estimate of drug-likeness (QED) is 0.734. The zero-order chi connectivity index (χ0) is 12.8. The van der Waals surface area contributed by atoms with E-state index in [9.17, 15) is 18.0 Å². The number of hydrogen-bond donors (Lipinski definition) is 1. The number of aromatic nitrogens is 1. The Balaban J connectivity index is 2.60. The topological polar surface area (TPSA) is 51.2 Å². The van der Waals surface area contributed by atoms with Crippen LogP contribution in [0.2, 0.25) is 5.15 Å². The van der Waals surface area contributed by atoms with E-state index < -0.39 is 29.5 Å². The van der Waals surface area contributed by atoms with Gasteiger partial charge < -0.3 is 10.1 Å². The van der Waals surface area contributed by atoms with Crippen molar-refractivity contribution in [1.82, 2.24) is 4.98 Å². The van der Waals surface area contributed by atoms with Gasteiger partial charge >= 0.3 is 6.18 Å². The molecule has 17 heavy (non-hydrogen) atoms. The maximum Gasteiger partial charge on any atom is 0.420 e. The van der Waals surface area contributed by atoms with E-state index in [2.05, 4.69) is 10.3 Å². The van der Waals surface area contributed by atoms with Gasteiger partial charge in [0.15, 0.2) is 17.7 Å². The van der Waals surface area contributed by atoms with Crippen molar-refractivity contribution in [3.8, 4) is 5.75 Å². The summed E-state index contributed by atoms with van der Waals surface area (Å²) in [5.41, 5.74) is -1.06. The molecular formula is C9H6ClF3N2O2. The van der Waals surface area contributed by atoms with Crippen molar-refractivity contribution in [2.24, 2.45) is 0 Å². The molecule has 1 atom stereocenters. The summed E-state index contributed by atoms with van der Waals surface area (Å²) in [7, 11) is 0. The van der Waals surface area contributed by atoms with Crippen molar-refractivity contribution in [2.45, 2.75) is 19.2 Å². The first kappa shape index (κ1) is 12.0. The third-order valence-electron chi connectivity index (χ3n) is 2.15. The highest BCUT2D eigenvalue weighted by Gasteiger charge is 2.39. The van der Waals surface area contributed by atoms with E-state index in [0.717, 1.165) is 0 Å². The normalized spacial score (nSPS) is 19.4. The summed E-state index contributed by atoms with van der Waals surface area (Å²) in [6.07, 6.45) is -5.63. The minimum absolute atomic E-state index is 0.312. The molecule has 0 aromatic carbocycles. The van der Waals surface area contributed by atoms with Gasteiger partial charge in [-0.1, -0.05) is 11.6 Å². The summed E-state index contributed by atoms with van der Waals surface area (Å²) in [6.45, 7) is 1.34. The van der Waals surface area contributed by atoms with Crippen LogP contribution in [0.4, 0.5) is 19.0 Å². The van der Waals surface area contributed by atoms with Gasteiger partial charge in [0, 0.05) is 0 Å². The molecule has 0 saturated carbocycles. The number of halogens is 4. The molecule has 1 amide bonds. The number of rotatable bonds is 0. The number of amides is 1. The second kappa shape index (κ2) is 3.76. The molecule has 0 spiro atoms. The molecule has 1 N–H and O–H groups in total. The third kappa shape index (κ3) is 2.14. The monoisotopic (exact) mass is 266 g/mol. The van der Waals surface area contributed by atoms with Gasteiger partial charge in [0.25, 0.3) is 5.91 Å². The van der Waals surface area contributed by atoms with E-state index in [0.29, 0.717) is 6.07 Å². The minimum atomic E-state index is -4.63. The highest BCUT2D eigenvalue weighted by atomic mass is 35.5. The van der Waals surface area contributed by atoms with Gasteiger partial charge in [0.05, 0.1) is 0 Å². The molecule has 8 heteroatoms. The average Bonchev–Trinajstić information content (AvgIpc) is 2.18. The van der Waals surface area contributed by atoms with Crippen molar-refractivity contribution in [2.75, 3.05) is 5.32 Å². The first-order valence-corrected chi connectivity index (χ1v) is 4.92. The van der Waals surface area contributed by atoms with Crippen molar-refractivity contribution in [3.63, 3.8) is 0 Å². The number of pyridine rings is 1. The number of ether oxygens (including phenoxy) is 1. The Morgan fingerprint density at radius 1 is 1.53 bits per heavy atom. The molecule has 0 radical (unpaired) electrons. The second-order valence-electron chi connectivity index (χ2n) is 3.42. The van der Waals surface area contributed by atoms with E-state index in [1.165, 1.54) is 6.92 Å². The summed E-state index contributed by atoms with van der Waals surface area (Å²) in [5, 5.41) is 1.84. The summed E-state index contributed by atoms with van der Waals surface area (Å²) in [6, 6.07) is 0.657. The Morgan fingerprint density at radius 2 is 2.18 bits per heavy atom. The Morgan fingerprint density at radius 3 is 2.76 bits per heavy atom. The molecule has 4 nitrogen and oxygen atoms in total. The van der Waals surface area contributed by atoms with Gasteiger partial charge in [0.1, 0.15) is 10.7 Å². The van der Waals surface area contributed by atoms with Crippen molar-refractivity contribution < 1.29 is 22.7 Å². The summed E-state index contributed by atoms with van der Waals surface area (Å²) < 4.78 is 43.0. The summed E-state index contributed by atoms with van der Waals surface area (Å²) in [4.78, 5) is 14.8. The van der Waals surface area contributed by atoms with E-state index in [4.69, 9.17) is 16.3 Å². The molecule has 92 valence electrons. The molecule has 1 aliphatic heterocycles. The first-order chi connectivity index (χ1) is 7.79. The highest BCUT2D eigenvalue weighted by Crippen LogP contribution is 2.42. The molecule has 1 aliphatic rings. The molecule has 0 fully saturated rings. The molecular weight excluding hydrogens is 261 g/mol. The lowest BCUT2D eigenvalue weighted by Gasteiger charge is -2.25. The number of anilines is 1. The maximum atomic E-state index is 12.7. The van der Waals surface area contributed by atoms with E-state index in [1.54, 1.807) is 0 Å². The lowest BCUT2D eigenvalue weighted by molar-refractivity contribution is -0.140. The molecule has 2 rings (SSSR count). The maximum absolute atomic E-state index is 12.7. The lowest BCUT2D eigenvalue weighted by Crippen LogP contribution is -2.36. The van der Waals surface area contributed by atoms with Crippen LogP contribution in [0.15, 0.2) is 6.07 Å². The number of nitrogens with one attached hydrogen (secondary N) is 1. The average molecular weight is 267 g/mol. The SMILES string of the molecule is C[C@H]1Oc2c(C(F)(F)F)cc(Cl)nc2NC1=O. The Bertz CT molecular complexity index is 490. The Hall–Kier alpha value is -1.50. The Labute approximate surface area is 98.7 Å². The van der Waals surface area contributed by atoms with Crippen LogP contribution in [0.5, 0.6) is 5.75 Å². The van der Waals surface area contributed by atoms with Gasteiger partial charge in [0.2, 0.25) is 0 Å². The van der Waals surface area contributed by atoms with E-state index >= 15 is 0 Å². The molecule has 1 aromatic rings. The largest absolute Gasteiger partial charge is 0.476 e. The van der Waals surface area contributed by atoms with Crippen LogP contribution in [0.1, 0.15) is 12.5 Å². The van der Waals surface area contributed by atoms with Gasteiger partial charge in [-0.15, -0.1) is 0 Å². The first-order valence-electron chi connectivity index (χ1n) is 4.54. The predicted molar refractivity (Wildman–Crippen MR) is 53.0 cm³/mol. The number of carbonyl (C=O) groups is 1. The molecule has 0 saturated heterocycles. The van der Waals surface area contributed by atoms with E-state index in [1.807, 2.05) is 0 Å². The standard InChI is InChI=1S/C9H6ClF3N2O2/c1-3-8(16)15-7-6(17-3)4(9(11,12)13)2-5(10)14-7/h2-3H,1H3,(H,14,15,16)/t3-/m1/s1. The van der Waals surface area contributed by atoms with Crippen LogP contribution in [-0.4, -0.2) is 17.0 Å². The summed E-state index contributed by atoms with van der Waals surface area (Å²) in [5.74, 6) is -1.39. The fourth-order valence-corrected chi connectivity index (χ4v) is 1.56. The minimum Gasteiger partial charge on any atom is -0.476 e. The van der Waals surface area contributed by atoms with Gasteiger partial charge in [-0.2, -0.15) is 13.2 Å². The van der Waals surface area contributed by atoms with Crippen LogP contribution in [0.25, 0.3) is 0 Å². The zero-order valence-electron chi connectivity index (χ0n) is 8.43. The van der Waals surface area contributed by atoms with Crippen LogP contribution >= 0.6 is 11.6 Å². The highest BCUT2D eigenvalue weighted by molar-refractivity contribution is 6.29. The van der Waals surface area contributed by atoms with Crippen molar-refractivity contribution in [1.29, 1.82) is 0 Å². The number of carbonyl (C=O) groups excluding carboxylic acids is 1. The van der Waals surface area contributed by atoms with Gasteiger partial charge in [-0.3, -0.25) is 4.79 Å². The van der Waals surface area contributed by atoms with Gasteiger partial charge in [-0.05, 0) is 13.0 Å². The van der Waals surface area contributed by atoms with Crippen LogP contribution in [0, 0.1) is 0 Å². The van der Waals surface area contributed by atoms with Crippen LogP contribution in [0.3, 0.4) is 0 Å². The Kier molecular flexibility index (Phi) is 2.65. The summed E-state index contributed by atoms with van der Waals surface area (Å²) >= 11 is 5.45. The fourth-order valence-electron chi connectivity index (χ4n) is 1.37. The van der Waals surface area contributed by atoms with Crippen molar-refractivity contribution in [3.05, 3.63) is 16.8 Å². The van der Waals surface area contributed by atoms with E-state index in [-0.39, 0.29) is 11.0 Å². The molecule has 0 bridgehead atoms. The number of hydrogen-bond acceptors (Lipinski definition) is 3.